The van der Waals surface area contributed by atoms with Crippen LogP contribution in [0.3, 0.4) is 0 Å². The molecule has 0 aliphatic carbocycles. The maximum absolute atomic E-state index is 12.3. The van der Waals surface area contributed by atoms with Crippen molar-refractivity contribution in [3.63, 3.8) is 0 Å². The fraction of sp³-hybridized carbons (Fsp3) is 0.0588. The Bertz CT molecular complexity index is 782. The highest BCUT2D eigenvalue weighted by Crippen LogP contribution is 2.17. The fourth-order valence-electron chi connectivity index (χ4n) is 2.12. The van der Waals surface area contributed by atoms with E-state index in [1.807, 2.05) is 35.0 Å². The number of ether oxygens (including phenoxy) is 1. The molecule has 5 heteroatoms. The average Bonchev–Trinajstić information content (AvgIpc) is 3.10. The number of anilines is 1. The minimum atomic E-state index is -0.179. The number of hydrogen-bond acceptors (Lipinski definition) is 3. The van der Waals surface area contributed by atoms with Crippen LogP contribution in [0.4, 0.5) is 5.69 Å². The van der Waals surface area contributed by atoms with Crippen molar-refractivity contribution in [1.29, 1.82) is 0 Å². The zero-order chi connectivity index (χ0) is 15.4. The summed E-state index contributed by atoms with van der Waals surface area (Å²) in [7, 11) is 1.58. The van der Waals surface area contributed by atoms with Crippen molar-refractivity contribution in [3.05, 3.63) is 72.8 Å². The van der Waals surface area contributed by atoms with Gasteiger partial charge in [0.05, 0.1) is 13.4 Å². The Morgan fingerprint density at radius 3 is 2.82 bits per heavy atom. The van der Waals surface area contributed by atoms with E-state index in [2.05, 4.69) is 10.3 Å². The highest BCUT2D eigenvalue weighted by atomic mass is 16.5. The first-order valence-corrected chi connectivity index (χ1v) is 6.80. The van der Waals surface area contributed by atoms with Gasteiger partial charge in [-0.25, -0.2) is 4.98 Å². The van der Waals surface area contributed by atoms with E-state index in [1.54, 1.807) is 43.9 Å². The summed E-state index contributed by atoms with van der Waals surface area (Å²) in [5, 5.41) is 2.88. The van der Waals surface area contributed by atoms with Gasteiger partial charge in [-0.2, -0.15) is 0 Å². The highest BCUT2D eigenvalue weighted by molar-refractivity contribution is 6.04. The average molecular weight is 293 g/mol. The molecule has 0 aliphatic rings. The van der Waals surface area contributed by atoms with Crippen LogP contribution in [0.2, 0.25) is 0 Å². The van der Waals surface area contributed by atoms with Gasteiger partial charge >= 0.3 is 0 Å². The number of nitrogens with one attached hydrogen (secondary N) is 1. The molecule has 1 heterocycles. The van der Waals surface area contributed by atoms with Crippen LogP contribution in [-0.4, -0.2) is 22.6 Å². The van der Waals surface area contributed by atoms with Crippen LogP contribution < -0.4 is 10.1 Å². The van der Waals surface area contributed by atoms with Crippen LogP contribution in [0.5, 0.6) is 5.75 Å². The van der Waals surface area contributed by atoms with Crippen molar-refractivity contribution in [2.45, 2.75) is 0 Å². The predicted molar refractivity (Wildman–Crippen MR) is 84.5 cm³/mol. The van der Waals surface area contributed by atoms with E-state index in [0.717, 1.165) is 11.4 Å². The maximum atomic E-state index is 12.3. The smallest absolute Gasteiger partial charge is 0.255 e. The molecule has 0 saturated heterocycles. The Balaban J connectivity index is 1.80. The molecular formula is C17H15N3O2. The van der Waals surface area contributed by atoms with Gasteiger partial charge < -0.3 is 14.6 Å². The second-order valence-electron chi connectivity index (χ2n) is 4.71. The van der Waals surface area contributed by atoms with E-state index < -0.39 is 0 Å². The third-order valence-corrected chi connectivity index (χ3v) is 3.24. The quantitative estimate of drug-likeness (QED) is 0.804. The van der Waals surface area contributed by atoms with Crippen LogP contribution in [-0.2, 0) is 0 Å². The molecule has 5 nitrogen and oxygen atoms in total. The Morgan fingerprint density at radius 1 is 1.18 bits per heavy atom. The summed E-state index contributed by atoms with van der Waals surface area (Å²) in [5.74, 6) is 0.474. The van der Waals surface area contributed by atoms with E-state index >= 15 is 0 Å². The minimum Gasteiger partial charge on any atom is -0.497 e. The molecule has 0 bridgehead atoms. The topological polar surface area (TPSA) is 56.1 Å². The first kappa shape index (κ1) is 13.9. The summed E-state index contributed by atoms with van der Waals surface area (Å²) >= 11 is 0. The number of nitrogens with zero attached hydrogens (tertiary/aromatic N) is 2. The van der Waals surface area contributed by atoms with Crippen molar-refractivity contribution in [2.24, 2.45) is 0 Å². The molecule has 110 valence electrons. The molecule has 3 aromatic rings. The van der Waals surface area contributed by atoms with Gasteiger partial charge in [-0.3, -0.25) is 4.79 Å². The number of benzene rings is 2. The molecule has 2 aromatic carbocycles. The van der Waals surface area contributed by atoms with Gasteiger partial charge in [-0.15, -0.1) is 0 Å². The van der Waals surface area contributed by atoms with E-state index in [1.165, 1.54) is 0 Å². The second-order valence-corrected chi connectivity index (χ2v) is 4.71. The zero-order valence-corrected chi connectivity index (χ0v) is 12.1. The molecule has 1 N–H and O–H groups in total. The second kappa shape index (κ2) is 6.13. The zero-order valence-electron chi connectivity index (χ0n) is 12.1. The van der Waals surface area contributed by atoms with Crippen LogP contribution in [0, 0.1) is 0 Å². The summed E-state index contributed by atoms with van der Waals surface area (Å²) < 4.78 is 7.01. The first-order chi connectivity index (χ1) is 10.8. The third kappa shape index (κ3) is 2.98. The maximum Gasteiger partial charge on any atom is 0.255 e. The van der Waals surface area contributed by atoms with Crippen LogP contribution in [0.1, 0.15) is 10.4 Å². The van der Waals surface area contributed by atoms with Crippen molar-refractivity contribution < 1.29 is 9.53 Å². The number of carbonyl (C=O) groups is 1. The van der Waals surface area contributed by atoms with E-state index in [0.29, 0.717) is 11.3 Å². The van der Waals surface area contributed by atoms with Crippen molar-refractivity contribution in [2.75, 3.05) is 12.4 Å². The largest absolute Gasteiger partial charge is 0.497 e. The normalized spacial score (nSPS) is 10.2. The van der Waals surface area contributed by atoms with E-state index in [4.69, 9.17) is 4.74 Å². The summed E-state index contributed by atoms with van der Waals surface area (Å²) in [6.07, 6.45) is 5.27. The fourth-order valence-corrected chi connectivity index (χ4v) is 2.12. The Morgan fingerprint density at radius 2 is 2.05 bits per heavy atom. The number of carbonyl (C=O) groups excluding carboxylic acids is 1. The predicted octanol–water partition coefficient (Wildman–Crippen LogP) is 3.13. The SMILES string of the molecule is COc1cccc(C(=O)Nc2cccc(-n3ccnc3)c2)c1. The summed E-state index contributed by atoms with van der Waals surface area (Å²) in [5.41, 5.74) is 2.20. The Kier molecular flexibility index (Phi) is 3.87. The Hall–Kier alpha value is -3.08. The summed E-state index contributed by atoms with van der Waals surface area (Å²) in [6.45, 7) is 0. The third-order valence-electron chi connectivity index (χ3n) is 3.24. The standard InChI is InChI=1S/C17H15N3O2/c1-22-16-7-2-4-13(10-16)17(21)19-14-5-3-6-15(11-14)20-9-8-18-12-20/h2-12H,1H3,(H,19,21). The molecule has 0 spiro atoms. The van der Waals surface area contributed by atoms with Crippen LogP contribution in [0.15, 0.2) is 67.3 Å². The lowest BCUT2D eigenvalue weighted by Gasteiger charge is -2.09. The number of methoxy groups -OCH3 is 1. The minimum absolute atomic E-state index is 0.179. The van der Waals surface area contributed by atoms with Gasteiger partial charge in [0.15, 0.2) is 0 Å². The number of imidazole rings is 1. The number of rotatable bonds is 4. The van der Waals surface area contributed by atoms with Crippen LogP contribution in [0.25, 0.3) is 5.69 Å². The molecule has 3 rings (SSSR count). The van der Waals surface area contributed by atoms with Crippen molar-refractivity contribution >= 4 is 11.6 Å². The van der Waals surface area contributed by atoms with Gasteiger partial charge in [0, 0.05) is 29.3 Å². The summed E-state index contributed by atoms with van der Waals surface area (Å²) in [6, 6.07) is 14.6. The molecule has 0 aliphatic heterocycles. The molecule has 0 radical (unpaired) electrons. The molecule has 0 fully saturated rings. The van der Waals surface area contributed by atoms with Gasteiger partial charge in [-0.1, -0.05) is 12.1 Å². The summed E-state index contributed by atoms with van der Waals surface area (Å²) in [4.78, 5) is 16.3. The monoisotopic (exact) mass is 293 g/mol. The van der Waals surface area contributed by atoms with Gasteiger partial charge in [0.1, 0.15) is 5.75 Å². The highest BCUT2D eigenvalue weighted by Gasteiger charge is 2.07. The van der Waals surface area contributed by atoms with Gasteiger partial charge in [-0.05, 0) is 36.4 Å². The first-order valence-electron chi connectivity index (χ1n) is 6.80. The number of aromatic nitrogens is 2. The lowest BCUT2D eigenvalue weighted by molar-refractivity contribution is 0.102. The lowest BCUT2D eigenvalue weighted by atomic mass is 10.2. The molecule has 0 saturated carbocycles. The van der Waals surface area contributed by atoms with Gasteiger partial charge in [0.25, 0.3) is 5.91 Å². The Labute approximate surface area is 128 Å². The number of hydrogen-bond donors (Lipinski definition) is 1. The molecule has 22 heavy (non-hydrogen) atoms. The van der Waals surface area contributed by atoms with Crippen molar-refractivity contribution in [1.82, 2.24) is 9.55 Å². The molecule has 1 aromatic heterocycles. The van der Waals surface area contributed by atoms with Gasteiger partial charge in [0.2, 0.25) is 0 Å². The molecule has 0 atom stereocenters. The lowest BCUT2D eigenvalue weighted by Crippen LogP contribution is -2.12. The van der Waals surface area contributed by atoms with E-state index in [9.17, 15) is 4.79 Å². The van der Waals surface area contributed by atoms with E-state index in [-0.39, 0.29) is 5.91 Å². The molecular weight excluding hydrogens is 278 g/mol. The molecule has 0 unspecified atom stereocenters. The number of amides is 1. The van der Waals surface area contributed by atoms with Crippen LogP contribution >= 0.6 is 0 Å². The molecule has 1 amide bonds. The van der Waals surface area contributed by atoms with Crippen molar-refractivity contribution in [3.8, 4) is 11.4 Å².